The van der Waals surface area contributed by atoms with Gasteiger partial charge in [0.2, 0.25) is 10.0 Å². The predicted molar refractivity (Wildman–Crippen MR) is 106 cm³/mol. The van der Waals surface area contributed by atoms with Crippen molar-refractivity contribution in [1.29, 1.82) is 0 Å². The maximum Gasteiger partial charge on any atom is 0.269 e. The van der Waals surface area contributed by atoms with Crippen LogP contribution in [0, 0.1) is 0 Å². The van der Waals surface area contributed by atoms with Crippen LogP contribution in [0.1, 0.15) is 26.3 Å². The van der Waals surface area contributed by atoms with Crippen molar-refractivity contribution in [2.75, 3.05) is 0 Å². The fourth-order valence-corrected chi connectivity index (χ4v) is 4.34. The Morgan fingerprint density at radius 3 is 1.96 bits per heavy atom. The standard InChI is InChI=1S/C19H17N3O4S2/c23-18(15-5-2-1-3-6-15)21-22-19(24)16-10-8-14(9-11-16)13-20-28(25,26)17-7-4-12-27-17/h1-12,20H,13H2,(H,21,23)(H,22,24). The smallest absolute Gasteiger partial charge is 0.267 e. The summed E-state index contributed by atoms with van der Waals surface area (Å²) in [5, 5.41) is 1.69. The van der Waals surface area contributed by atoms with E-state index in [9.17, 15) is 18.0 Å². The number of carbonyl (C=O) groups is 2. The summed E-state index contributed by atoms with van der Waals surface area (Å²) in [4.78, 5) is 24.0. The van der Waals surface area contributed by atoms with Gasteiger partial charge in [-0.25, -0.2) is 13.1 Å². The predicted octanol–water partition coefficient (Wildman–Crippen LogP) is 2.30. The molecule has 0 aliphatic rings. The lowest BCUT2D eigenvalue weighted by molar-refractivity contribution is 0.0846. The number of amides is 2. The SMILES string of the molecule is O=C(NNC(=O)c1ccc(CNS(=O)(=O)c2cccs2)cc1)c1ccccc1. The van der Waals surface area contributed by atoms with Crippen molar-refractivity contribution in [2.45, 2.75) is 10.8 Å². The van der Waals surface area contributed by atoms with Crippen molar-refractivity contribution < 1.29 is 18.0 Å². The summed E-state index contributed by atoms with van der Waals surface area (Å²) in [6.07, 6.45) is 0. The first-order valence-electron chi connectivity index (χ1n) is 8.23. The second-order valence-electron chi connectivity index (χ2n) is 5.73. The first-order chi connectivity index (χ1) is 13.5. The van der Waals surface area contributed by atoms with Gasteiger partial charge >= 0.3 is 0 Å². The Labute approximate surface area is 166 Å². The van der Waals surface area contributed by atoms with E-state index >= 15 is 0 Å². The molecule has 0 spiro atoms. The lowest BCUT2D eigenvalue weighted by Crippen LogP contribution is -2.41. The molecule has 0 fully saturated rings. The number of benzene rings is 2. The molecule has 3 N–H and O–H groups in total. The van der Waals surface area contributed by atoms with Crippen LogP contribution in [0.25, 0.3) is 0 Å². The van der Waals surface area contributed by atoms with Gasteiger partial charge in [0.15, 0.2) is 0 Å². The van der Waals surface area contributed by atoms with Gasteiger partial charge in [0.25, 0.3) is 11.8 Å². The van der Waals surface area contributed by atoms with Crippen LogP contribution in [-0.2, 0) is 16.6 Å². The third-order valence-electron chi connectivity index (χ3n) is 3.77. The lowest BCUT2D eigenvalue weighted by atomic mass is 10.1. The molecule has 0 unspecified atom stereocenters. The summed E-state index contributed by atoms with van der Waals surface area (Å²) in [7, 11) is -3.54. The Morgan fingerprint density at radius 1 is 0.786 bits per heavy atom. The molecule has 28 heavy (non-hydrogen) atoms. The van der Waals surface area contributed by atoms with E-state index in [1.54, 1.807) is 66.0 Å². The lowest BCUT2D eigenvalue weighted by Gasteiger charge is -2.08. The molecule has 7 nitrogen and oxygen atoms in total. The molecule has 2 aromatic carbocycles. The second-order valence-corrected chi connectivity index (χ2v) is 8.67. The summed E-state index contributed by atoms with van der Waals surface area (Å²) in [6.45, 7) is 0.104. The number of hydrogen-bond acceptors (Lipinski definition) is 5. The molecule has 0 atom stereocenters. The summed E-state index contributed by atoms with van der Waals surface area (Å²) in [5.74, 6) is -0.899. The highest BCUT2D eigenvalue weighted by Crippen LogP contribution is 2.16. The van der Waals surface area contributed by atoms with E-state index in [4.69, 9.17) is 0 Å². The quantitative estimate of drug-likeness (QED) is 0.537. The fourth-order valence-electron chi connectivity index (χ4n) is 2.29. The molecule has 0 bridgehead atoms. The van der Waals surface area contributed by atoms with Crippen LogP contribution in [-0.4, -0.2) is 20.2 Å². The first-order valence-corrected chi connectivity index (χ1v) is 10.6. The second kappa shape index (κ2) is 8.79. The van der Waals surface area contributed by atoms with Crippen molar-refractivity contribution in [3.8, 4) is 0 Å². The maximum atomic E-state index is 12.1. The van der Waals surface area contributed by atoms with Crippen LogP contribution in [0.4, 0.5) is 0 Å². The number of hydrazine groups is 1. The highest BCUT2D eigenvalue weighted by atomic mass is 32.2. The molecule has 9 heteroatoms. The third kappa shape index (κ3) is 5.03. The van der Waals surface area contributed by atoms with Crippen LogP contribution >= 0.6 is 11.3 Å². The van der Waals surface area contributed by atoms with Crippen LogP contribution in [0.3, 0.4) is 0 Å². The van der Waals surface area contributed by atoms with Gasteiger partial charge in [0.1, 0.15) is 4.21 Å². The van der Waals surface area contributed by atoms with Gasteiger partial charge < -0.3 is 0 Å². The van der Waals surface area contributed by atoms with Crippen molar-refractivity contribution >= 4 is 33.2 Å². The van der Waals surface area contributed by atoms with E-state index in [-0.39, 0.29) is 10.8 Å². The van der Waals surface area contributed by atoms with Crippen LogP contribution in [0.15, 0.2) is 76.3 Å². The minimum absolute atomic E-state index is 0.104. The van der Waals surface area contributed by atoms with Crippen LogP contribution < -0.4 is 15.6 Å². The molecule has 0 radical (unpaired) electrons. The van der Waals surface area contributed by atoms with E-state index in [2.05, 4.69) is 15.6 Å². The minimum Gasteiger partial charge on any atom is -0.267 e. The largest absolute Gasteiger partial charge is 0.269 e. The normalized spacial score (nSPS) is 11.0. The molecule has 3 aromatic rings. The molecule has 1 aromatic heterocycles. The Hall–Kier alpha value is -3.01. The van der Waals surface area contributed by atoms with Gasteiger partial charge in [-0.2, -0.15) is 0 Å². The first kappa shape index (κ1) is 19.7. The van der Waals surface area contributed by atoms with Gasteiger partial charge in [-0.05, 0) is 41.3 Å². The number of carbonyl (C=O) groups excluding carboxylic acids is 2. The number of rotatable bonds is 6. The van der Waals surface area contributed by atoms with Crippen molar-refractivity contribution in [3.63, 3.8) is 0 Å². The molecule has 1 heterocycles. The van der Waals surface area contributed by atoms with E-state index in [1.807, 2.05) is 0 Å². The van der Waals surface area contributed by atoms with Crippen molar-refractivity contribution in [2.24, 2.45) is 0 Å². The topological polar surface area (TPSA) is 104 Å². The zero-order valence-corrected chi connectivity index (χ0v) is 16.2. The third-order valence-corrected chi connectivity index (χ3v) is 6.57. The molecule has 2 amide bonds. The number of hydrogen-bond donors (Lipinski definition) is 3. The van der Waals surface area contributed by atoms with Gasteiger partial charge in [0, 0.05) is 17.7 Å². The van der Waals surface area contributed by atoms with Gasteiger partial charge in [-0.1, -0.05) is 36.4 Å². The van der Waals surface area contributed by atoms with Crippen molar-refractivity contribution in [1.82, 2.24) is 15.6 Å². The summed E-state index contributed by atoms with van der Waals surface area (Å²) in [5.41, 5.74) is 6.14. The number of thiophene rings is 1. The highest BCUT2D eigenvalue weighted by molar-refractivity contribution is 7.91. The average molecular weight is 415 g/mol. The van der Waals surface area contributed by atoms with Gasteiger partial charge in [-0.15, -0.1) is 11.3 Å². The highest BCUT2D eigenvalue weighted by Gasteiger charge is 2.14. The number of sulfonamides is 1. The Balaban J connectivity index is 1.53. The molecule has 0 saturated carbocycles. The number of nitrogens with one attached hydrogen (secondary N) is 3. The zero-order valence-electron chi connectivity index (χ0n) is 14.6. The van der Waals surface area contributed by atoms with E-state index < -0.39 is 21.8 Å². The monoisotopic (exact) mass is 415 g/mol. The Morgan fingerprint density at radius 2 is 1.39 bits per heavy atom. The molecular formula is C19H17N3O4S2. The fraction of sp³-hybridized carbons (Fsp3) is 0.0526. The molecule has 3 rings (SSSR count). The van der Waals surface area contributed by atoms with E-state index in [1.165, 1.54) is 6.07 Å². The summed E-state index contributed by atoms with van der Waals surface area (Å²) >= 11 is 1.14. The Bertz CT molecular complexity index is 1050. The van der Waals surface area contributed by atoms with Crippen molar-refractivity contribution in [3.05, 3.63) is 88.8 Å². The summed E-state index contributed by atoms with van der Waals surface area (Å²) < 4.78 is 27.0. The Kier molecular flexibility index (Phi) is 6.19. The van der Waals surface area contributed by atoms with Gasteiger partial charge in [0.05, 0.1) is 0 Å². The zero-order chi connectivity index (χ0) is 20.0. The molecule has 0 aliphatic heterocycles. The van der Waals surface area contributed by atoms with Crippen LogP contribution in [0.2, 0.25) is 0 Å². The summed E-state index contributed by atoms with van der Waals surface area (Å²) in [6, 6.07) is 18.1. The van der Waals surface area contributed by atoms with E-state index in [0.717, 1.165) is 11.3 Å². The molecular weight excluding hydrogens is 398 g/mol. The minimum atomic E-state index is -3.54. The van der Waals surface area contributed by atoms with Gasteiger partial charge in [-0.3, -0.25) is 20.4 Å². The molecule has 0 saturated heterocycles. The molecule has 144 valence electrons. The van der Waals surface area contributed by atoms with Crippen LogP contribution in [0.5, 0.6) is 0 Å². The average Bonchev–Trinajstić information content (AvgIpc) is 3.27. The maximum absolute atomic E-state index is 12.1. The van der Waals surface area contributed by atoms with E-state index in [0.29, 0.717) is 16.7 Å². The molecule has 0 aliphatic carbocycles.